The number of benzene rings is 2. The summed E-state index contributed by atoms with van der Waals surface area (Å²) in [5.41, 5.74) is 8.88. The average Bonchev–Trinajstić information content (AvgIpc) is 2.63. The van der Waals surface area contributed by atoms with E-state index >= 15 is 0 Å². The molecular formula is C20H18N4OS. The topological polar surface area (TPSA) is 90.9 Å². The molecule has 26 heavy (non-hydrogen) atoms. The molecule has 5 nitrogen and oxygen atoms in total. The first-order chi connectivity index (χ1) is 12.5. The number of hydrogen-bond acceptors (Lipinski definition) is 4. The lowest BCUT2D eigenvalue weighted by Crippen LogP contribution is -2.46. The van der Waals surface area contributed by atoms with Crippen molar-refractivity contribution in [3.63, 3.8) is 0 Å². The number of rotatable bonds is 3. The number of carbonyl (C=O) groups is 1. The third-order valence-electron chi connectivity index (χ3n) is 4.36. The van der Waals surface area contributed by atoms with E-state index in [1.807, 2.05) is 61.5 Å². The van der Waals surface area contributed by atoms with Crippen LogP contribution in [0.1, 0.15) is 17.0 Å². The van der Waals surface area contributed by atoms with Gasteiger partial charge in [-0.05, 0) is 24.6 Å². The smallest absolute Gasteiger partial charge is 0.235 e. The number of nitrogens with one attached hydrogen (secondary N) is 2. The number of allylic oxidation sites excluding steroid dienone is 1. The van der Waals surface area contributed by atoms with Crippen molar-refractivity contribution in [2.75, 3.05) is 5.32 Å². The summed E-state index contributed by atoms with van der Waals surface area (Å²) in [7, 11) is 0. The number of carbonyl (C=O) groups excluding carboxylic acids is 1. The summed E-state index contributed by atoms with van der Waals surface area (Å²) in [6.07, 6.45) is 0. The molecule has 1 aliphatic heterocycles. The lowest BCUT2D eigenvalue weighted by atomic mass is 9.78. The number of thiocarbonyl (C=S) groups is 1. The molecular weight excluding hydrogens is 344 g/mol. The lowest BCUT2D eigenvalue weighted by Gasteiger charge is -2.32. The Bertz CT molecular complexity index is 913. The number of aryl methyl sites for hydroxylation is 1. The predicted molar refractivity (Wildman–Crippen MR) is 105 cm³/mol. The summed E-state index contributed by atoms with van der Waals surface area (Å²) < 4.78 is 0. The lowest BCUT2D eigenvalue weighted by molar-refractivity contribution is -0.118. The van der Waals surface area contributed by atoms with Crippen LogP contribution >= 0.6 is 12.2 Å². The second-order valence-electron chi connectivity index (χ2n) is 6.15. The Labute approximate surface area is 157 Å². The average molecular weight is 362 g/mol. The first-order valence-electron chi connectivity index (χ1n) is 8.14. The summed E-state index contributed by atoms with van der Waals surface area (Å²) in [5.74, 6) is -1.33. The van der Waals surface area contributed by atoms with E-state index in [4.69, 9.17) is 18.0 Å². The molecule has 2 aromatic rings. The number of nitrogens with zero attached hydrogens (tertiary/aromatic N) is 1. The van der Waals surface area contributed by atoms with Gasteiger partial charge in [-0.2, -0.15) is 5.26 Å². The Balaban J connectivity index is 1.99. The zero-order valence-electron chi connectivity index (χ0n) is 14.2. The van der Waals surface area contributed by atoms with Crippen LogP contribution < -0.4 is 16.4 Å². The van der Waals surface area contributed by atoms with Crippen LogP contribution in [0.15, 0.2) is 66.0 Å². The molecule has 0 saturated heterocycles. The van der Waals surface area contributed by atoms with E-state index in [0.717, 1.165) is 11.1 Å². The van der Waals surface area contributed by atoms with Gasteiger partial charge in [0.1, 0.15) is 11.7 Å². The van der Waals surface area contributed by atoms with Gasteiger partial charge >= 0.3 is 0 Å². The second kappa shape index (κ2) is 7.38. The Morgan fingerprint density at radius 1 is 1.19 bits per heavy atom. The molecule has 0 saturated carbocycles. The number of hydrogen-bond donors (Lipinski definition) is 3. The molecule has 0 radical (unpaired) electrons. The third kappa shape index (κ3) is 3.44. The van der Waals surface area contributed by atoms with Crippen molar-refractivity contribution in [2.24, 2.45) is 11.7 Å². The molecule has 6 heteroatoms. The zero-order chi connectivity index (χ0) is 18.7. The predicted octanol–water partition coefficient (Wildman–Crippen LogP) is 2.96. The maximum Gasteiger partial charge on any atom is 0.235 e. The second-order valence-corrected chi connectivity index (χ2v) is 6.59. The molecule has 0 aromatic heterocycles. The van der Waals surface area contributed by atoms with Gasteiger partial charge in [-0.15, -0.1) is 0 Å². The summed E-state index contributed by atoms with van der Waals surface area (Å²) in [6.45, 7) is 1.98. The van der Waals surface area contributed by atoms with Crippen LogP contribution in [0.25, 0.3) is 0 Å². The van der Waals surface area contributed by atoms with E-state index in [2.05, 4.69) is 16.7 Å². The van der Waals surface area contributed by atoms with Crippen molar-refractivity contribution in [2.45, 2.75) is 12.8 Å². The number of anilines is 1. The SMILES string of the molecule is Cc1ccc(NC(=O)C2C(=S)NC(N)=C(C#N)C2c2ccccc2)cc1. The van der Waals surface area contributed by atoms with E-state index in [1.54, 1.807) is 0 Å². The maximum absolute atomic E-state index is 13.0. The van der Waals surface area contributed by atoms with E-state index in [-0.39, 0.29) is 11.7 Å². The highest BCUT2D eigenvalue weighted by Crippen LogP contribution is 2.36. The van der Waals surface area contributed by atoms with Gasteiger partial charge in [-0.25, -0.2) is 0 Å². The molecule has 130 valence electrons. The molecule has 1 amide bonds. The number of nitrogens with two attached hydrogens (primary N) is 1. The van der Waals surface area contributed by atoms with E-state index in [0.29, 0.717) is 16.2 Å². The molecule has 2 unspecified atom stereocenters. The monoisotopic (exact) mass is 362 g/mol. The fraction of sp³-hybridized carbons (Fsp3) is 0.150. The van der Waals surface area contributed by atoms with Gasteiger partial charge in [-0.1, -0.05) is 60.2 Å². The van der Waals surface area contributed by atoms with Crippen molar-refractivity contribution in [3.05, 3.63) is 77.1 Å². The normalized spacial score (nSPS) is 19.5. The van der Waals surface area contributed by atoms with Gasteiger partial charge in [0.2, 0.25) is 5.91 Å². The minimum absolute atomic E-state index is 0.200. The largest absolute Gasteiger partial charge is 0.384 e. The van der Waals surface area contributed by atoms with Gasteiger partial charge in [-0.3, -0.25) is 4.79 Å². The van der Waals surface area contributed by atoms with Crippen molar-refractivity contribution in [1.82, 2.24) is 5.32 Å². The Morgan fingerprint density at radius 2 is 1.85 bits per heavy atom. The van der Waals surface area contributed by atoms with Crippen molar-refractivity contribution in [1.29, 1.82) is 5.26 Å². The molecule has 1 aliphatic rings. The zero-order valence-corrected chi connectivity index (χ0v) is 15.0. The summed E-state index contributed by atoms with van der Waals surface area (Å²) in [4.78, 5) is 13.3. The summed E-state index contributed by atoms with van der Waals surface area (Å²) in [5, 5.41) is 15.3. The molecule has 2 atom stereocenters. The van der Waals surface area contributed by atoms with Gasteiger partial charge in [0, 0.05) is 11.6 Å². The molecule has 3 rings (SSSR count). The van der Waals surface area contributed by atoms with Crippen LogP contribution in [0.5, 0.6) is 0 Å². The highest BCUT2D eigenvalue weighted by atomic mass is 32.1. The van der Waals surface area contributed by atoms with Crippen LogP contribution in [0.2, 0.25) is 0 Å². The third-order valence-corrected chi connectivity index (χ3v) is 4.71. The quantitative estimate of drug-likeness (QED) is 0.730. The summed E-state index contributed by atoms with van der Waals surface area (Å²) in [6, 6.07) is 19.0. The molecule has 4 N–H and O–H groups in total. The highest BCUT2D eigenvalue weighted by molar-refractivity contribution is 7.80. The van der Waals surface area contributed by atoms with Crippen LogP contribution in [-0.4, -0.2) is 10.9 Å². The van der Waals surface area contributed by atoms with Crippen LogP contribution in [0.3, 0.4) is 0 Å². The molecule has 1 heterocycles. The fourth-order valence-corrected chi connectivity index (χ4v) is 3.39. The fourth-order valence-electron chi connectivity index (χ4n) is 3.04. The molecule has 0 spiro atoms. The molecule has 2 aromatic carbocycles. The van der Waals surface area contributed by atoms with Gasteiger partial charge < -0.3 is 16.4 Å². The van der Waals surface area contributed by atoms with E-state index < -0.39 is 11.8 Å². The van der Waals surface area contributed by atoms with Crippen molar-refractivity contribution < 1.29 is 4.79 Å². The van der Waals surface area contributed by atoms with Crippen molar-refractivity contribution >= 4 is 28.8 Å². The number of amides is 1. The number of nitriles is 1. The van der Waals surface area contributed by atoms with E-state index in [9.17, 15) is 10.1 Å². The molecule has 0 aliphatic carbocycles. The minimum atomic E-state index is -0.726. The van der Waals surface area contributed by atoms with E-state index in [1.165, 1.54) is 0 Å². The summed E-state index contributed by atoms with van der Waals surface area (Å²) >= 11 is 5.40. The van der Waals surface area contributed by atoms with Crippen LogP contribution in [0.4, 0.5) is 5.69 Å². The first kappa shape index (κ1) is 17.6. The Hall–Kier alpha value is -3.17. The first-order valence-corrected chi connectivity index (χ1v) is 8.55. The van der Waals surface area contributed by atoms with Crippen LogP contribution in [-0.2, 0) is 4.79 Å². The van der Waals surface area contributed by atoms with Crippen molar-refractivity contribution in [3.8, 4) is 6.07 Å². The maximum atomic E-state index is 13.0. The standard InChI is InChI=1S/C20H18N4OS/c1-12-7-9-14(10-8-12)23-19(25)17-16(13-5-3-2-4-6-13)15(11-21)18(22)24-20(17)26/h2-10,16-17H,22H2,1H3,(H,23,25)(H,24,26). The minimum Gasteiger partial charge on any atom is -0.384 e. The Kier molecular flexibility index (Phi) is 5.01. The van der Waals surface area contributed by atoms with Gasteiger partial charge in [0.25, 0.3) is 0 Å². The van der Waals surface area contributed by atoms with Crippen LogP contribution in [0, 0.1) is 24.2 Å². The highest BCUT2D eigenvalue weighted by Gasteiger charge is 2.40. The Morgan fingerprint density at radius 3 is 2.46 bits per heavy atom. The molecule has 0 bridgehead atoms. The van der Waals surface area contributed by atoms with Gasteiger partial charge in [0.05, 0.1) is 16.6 Å². The van der Waals surface area contributed by atoms with Gasteiger partial charge in [0.15, 0.2) is 0 Å². The molecule has 0 fully saturated rings.